The Morgan fingerprint density at radius 3 is 2.67 bits per heavy atom. The number of fused-ring (bicyclic) bond motifs is 1. The van der Waals surface area contributed by atoms with Crippen molar-refractivity contribution in [3.05, 3.63) is 48.0 Å². The normalized spacial score (nSPS) is 21.7. The molecule has 160 valence electrons. The number of nitrogens with one attached hydrogen (secondary N) is 2. The molecule has 0 aromatic carbocycles. The van der Waals surface area contributed by atoms with Crippen LogP contribution in [0.2, 0.25) is 0 Å². The van der Waals surface area contributed by atoms with Gasteiger partial charge in [-0.05, 0) is 13.0 Å². The SMILES string of the molecule is CC(O)(c1ccc2ncc(-c3cc(F)cc(N[C@H]4CNC[C@@H]4F)n3)n2c1)C(F)(F)F. The molecule has 3 N–H and O–H groups in total. The molecular formula is C19H18F5N5O. The number of pyridine rings is 2. The van der Waals surface area contributed by atoms with Crippen LogP contribution in [0, 0.1) is 5.82 Å². The lowest BCUT2D eigenvalue weighted by Gasteiger charge is -2.26. The maximum atomic E-state index is 14.2. The molecule has 1 fully saturated rings. The molecule has 0 saturated carbocycles. The van der Waals surface area contributed by atoms with Gasteiger partial charge in [0.05, 0.1) is 23.6 Å². The average Bonchev–Trinajstić information content (AvgIpc) is 3.26. The summed E-state index contributed by atoms with van der Waals surface area (Å²) in [7, 11) is 0. The fraction of sp³-hybridized carbons (Fsp3) is 0.368. The van der Waals surface area contributed by atoms with Crippen LogP contribution in [0.1, 0.15) is 12.5 Å². The summed E-state index contributed by atoms with van der Waals surface area (Å²) < 4.78 is 69.0. The summed E-state index contributed by atoms with van der Waals surface area (Å²) >= 11 is 0. The smallest absolute Gasteiger partial charge is 0.376 e. The van der Waals surface area contributed by atoms with E-state index < -0.39 is 35.4 Å². The van der Waals surface area contributed by atoms with E-state index in [1.165, 1.54) is 16.7 Å². The molecule has 1 saturated heterocycles. The number of hydrogen-bond acceptors (Lipinski definition) is 5. The lowest BCUT2D eigenvalue weighted by molar-refractivity contribution is -0.259. The fourth-order valence-electron chi connectivity index (χ4n) is 3.30. The Kier molecular flexibility index (Phi) is 4.89. The van der Waals surface area contributed by atoms with Gasteiger partial charge in [0.25, 0.3) is 0 Å². The van der Waals surface area contributed by atoms with Crippen molar-refractivity contribution in [2.45, 2.75) is 30.9 Å². The molecule has 4 heterocycles. The van der Waals surface area contributed by atoms with Gasteiger partial charge in [0.1, 0.15) is 23.5 Å². The van der Waals surface area contributed by atoms with E-state index in [2.05, 4.69) is 20.6 Å². The third kappa shape index (κ3) is 3.58. The van der Waals surface area contributed by atoms with Crippen LogP contribution in [-0.4, -0.2) is 51.0 Å². The van der Waals surface area contributed by atoms with Crippen molar-refractivity contribution in [1.29, 1.82) is 0 Å². The first-order valence-electron chi connectivity index (χ1n) is 9.12. The molecule has 0 spiro atoms. The van der Waals surface area contributed by atoms with Gasteiger partial charge in [-0.15, -0.1) is 0 Å². The van der Waals surface area contributed by atoms with Crippen LogP contribution in [0.15, 0.2) is 36.7 Å². The molecule has 3 aromatic heterocycles. The molecule has 1 aliphatic heterocycles. The van der Waals surface area contributed by atoms with Crippen LogP contribution in [0.25, 0.3) is 17.0 Å². The molecule has 1 unspecified atom stereocenters. The van der Waals surface area contributed by atoms with Crippen molar-refractivity contribution in [2.24, 2.45) is 0 Å². The first kappa shape index (κ1) is 20.5. The molecule has 1 aliphatic rings. The molecule has 0 radical (unpaired) electrons. The van der Waals surface area contributed by atoms with E-state index in [0.29, 0.717) is 13.5 Å². The van der Waals surface area contributed by atoms with Gasteiger partial charge in [-0.25, -0.2) is 18.7 Å². The minimum Gasteiger partial charge on any atom is -0.376 e. The summed E-state index contributed by atoms with van der Waals surface area (Å²) in [6.07, 6.45) is -3.64. The van der Waals surface area contributed by atoms with E-state index in [9.17, 15) is 27.1 Å². The van der Waals surface area contributed by atoms with Crippen molar-refractivity contribution in [1.82, 2.24) is 19.7 Å². The Hall–Kier alpha value is -2.79. The van der Waals surface area contributed by atoms with Crippen molar-refractivity contribution in [3.8, 4) is 11.4 Å². The highest BCUT2D eigenvalue weighted by atomic mass is 19.4. The minimum absolute atomic E-state index is 0.0924. The van der Waals surface area contributed by atoms with Gasteiger partial charge in [-0.2, -0.15) is 13.2 Å². The Bertz CT molecular complexity index is 1080. The van der Waals surface area contributed by atoms with Gasteiger partial charge >= 0.3 is 6.18 Å². The average molecular weight is 427 g/mol. The van der Waals surface area contributed by atoms with E-state index in [4.69, 9.17) is 0 Å². The van der Waals surface area contributed by atoms with Crippen LogP contribution < -0.4 is 10.6 Å². The molecule has 0 bridgehead atoms. The van der Waals surface area contributed by atoms with Crippen LogP contribution in [0.3, 0.4) is 0 Å². The zero-order valence-electron chi connectivity index (χ0n) is 15.7. The lowest BCUT2D eigenvalue weighted by Crippen LogP contribution is -2.39. The molecule has 3 atom stereocenters. The maximum Gasteiger partial charge on any atom is 0.421 e. The molecule has 0 amide bonds. The summed E-state index contributed by atoms with van der Waals surface area (Å²) in [5.74, 6) is -0.563. The zero-order valence-corrected chi connectivity index (χ0v) is 15.7. The van der Waals surface area contributed by atoms with Crippen molar-refractivity contribution >= 4 is 11.5 Å². The number of anilines is 1. The maximum absolute atomic E-state index is 14.2. The van der Waals surface area contributed by atoms with E-state index in [1.807, 2.05) is 0 Å². The number of aliphatic hydroxyl groups is 1. The predicted octanol–water partition coefficient (Wildman–Crippen LogP) is 3.03. The van der Waals surface area contributed by atoms with E-state index in [-0.39, 0.29) is 29.4 Å². The van der Waals surface area contributed by atoms with Crippen LogP contribution in [0.4, 0.5) is 27.8 Å². The topological polar surface area (TPSA) is 74.5 Å². The number of halogens is 5. The van der Waals surface area contributed by atoms with Crippen LogP contribution >= 0.6 is 0 Å². The Labute approximate surface area is 167 Å². The van der Waals surface area contributed by atoms with E-state index in [0.717, 1.165) is 24.4 Å². The van der Waals surface area contributed by atoms with Gasteiger partial charge in [0, 0.05) is 37.0 Å². The summed E-state index contributed by atoms with van der Waals surface area (Å²) in [4.78, 5) is 8.38. The molecule has 4 rings (SSSR count). The molecule has 6 nitrogen and oxygen atoms in total. The molecular weight excluding hydrogens is 409 g/mol. The summed E-state index contributed by atoms with van der Waals surface area (Å²) in [6.45, 7) is 1.17. The van der Waals surface area contributed by atoms with Crippen molar-refractivity contribution < 1.29 is 27.1 Å². The standard InChI is InChI=1S/C19H18F5N5O/c1-18(30,19(22,23)24)10-2-3-17-26-8-15(29(17)9-10)13-4-11(20)5-16(27-13)28-14-7-25-6-12(14)21/h2-5,8-9,12,14,25,30H,6-7H2,1H3,(H,27,28)/t12-,14-,18?/m0/s1. The Balaban J connectivity index is 1.75. The first-order chi connectivity index (χ1) is 14.1. The monoisotopic (exact) mass is 427 g/mol. The minimum atomic E-state index is -4.90. The number of alkyl halides is 4. The molecule has 3 aromatic rings. The number of hydrogen-bond donors (Lipinski definition) is 3. The van der Waals surface area contributed by atoms with Crippen molar-refractivity contribution in [2.75, 3.05) is 18.4 Å². The van der Waals surface area contributed by atoms with Gasteiger partial charge in [0.2, 0.25) is 0 Å². The number of aromatic nitrogens is 3. The van der Waals surface area contributed by atoms with E-state index in [1.54, 1.807) is 0 Å². The first-order valence-corrected chi connectivity index (χ1v) is 9.12. The summed E-state index contributed by atoms with van der Waals surface area (Å²) in [6, 6.07) is 4.07. The number of nitrogens with zero attached hydrogens (tertiary/aromatic N) is 3. The second-order valence-electron chi connectivity index (χ2n) is 7.34. The zero-order chi connectivity index (χ0) is 21.7. The largest absolute Gasteiger partial charge is 0.421 e. The lowest BCUT2D eigenvalue weighted by atomic mass is 9.97. The number of rotatable bonds is 4. The summed E-state index contributed by atoms with van der Waals surface area (Å²) in [5.41, 5.74) is -2.90. The second kappa shape index (κ2) is 7.17. The highest BCUT2D eigenvalue weighted by Gasteiger charge is 2.51. The van der Waals surface area contributed by atoms with Crippen LogP contribution in [0.5, 0.6) is 0 Å². The third-order valence-corrected chi connectivity index (χ3v) is 5.15. The van der Waals surface area contributed by atoms with Gasteiger partial charge in [-0.1, -0.05) is 6.07 Å². The highest BCUT2D eigenvalue weighted by molar-refractivity contribution is 5.62. The van der Waals surface area contributed by atoms with Crippen LogP contribution in [-0.2, 0) is 5.60 Å². The van der Waals surface area contributed by atoms with E-state index >= 15 is 0 Å². The second-order valence-corrected chi connectivity index (χ2v) is 7.34. The third-order valence-electron chi connectivity index (χ3n) is 5.15. The van der Waals surface area contributed by atoms with Crippen molar-refractivity contribution in [3.63, 3.8) is 0 Å². The highest BCUT2D eigenvalue weighted by Crippen LogP contribution is 2.38. The molecule has 0 aliphatic carbocycles. The Morgan fingerprint density at radius 1 is 1.23 bits per heavy atom. The van der Waals surface area contributed by atoms with Gasteiger partial charge < -0.3 is 15.7 Å². The molecule has 11 heteroatoms. The Morgan fingerprint density at radius 2 is 2.00 bits per heavy atom. The fourth-order valence-corrected chi connectivity index (χ4v) is 3.30. The molecule has 30 heavy (non-hydrogen) atoms. The summed E-state index contributed by atoms with van der Waals surface area (Å²) in [5, 5.41) is 15.7. The quantitative estimate of drug-likeness (QED) is 0.559. The van der Waals surface area contributed by atoms with Gasteiger partial charge in [-0.3, -0.25) is 4.40 Å². The predicted molar refractivity (Wildman–Crippen MR) is 99.2 cm³/mol. The number of imidazole rings is 1. The van der Waals surface area contributed by atoms with Gasteiger partial charge in [0.15, 0.2) is 5.60 Å².